The van der Waals surface area contributed by atoms with E-state index >= 15 is 0 Å². The number of nitrogens with zero attached hydrogens (tertiary/aromatic N) is 1. The van der Waals surface area contributed by atoms with Crippen molar-refractivity contribution < 1.29 is 19.1 Å². The number of carbonyl (C=O) groups excluding carboxylic acids is 2. The average molecular weight is 482 g/mol. The summed E-state index contributed by atoms with van der Waals surface area (Å²) in [6, 6.07) is 15.3. The first-order chi connectivity index (χ1) is 16.6. The Morgan fingerprint density at radius 3 is 2.74 bits per heavy atom. The fourth-order valence-electron chi connectivity index (χ4n) is 4.00. The van der Waals surface area contributed by atoms with Crippen molar-refractivity contribution in [3.63, 3.8) is 0 Å². The molecular formula is C26H31N3O4S. The van der Waals surface area contributed by atoms with Crippen molar-refractivity contribution in [2.45, 2.75) is 37.3 Å². The summed E-state index contributed by atoms with van der Waals surface area (Å²) in [7, 11) is 0. The van der Waals surface area contributed by atoms with Crippen molar-refractivity contribution in [1.82, 2.24) is 15.2 Å². The van der Waals surface area contributed by atoms with Gasteiger partial charge in [-0.15, -0.1) is 11.8 Å². The summed E-state index contributed by atoms with van der Waals surface area (Å²) in [4.78, 5) is 25.9. The van der Waals surface area contributed by atoms with Gasteiger partial charge in [0.15, 0.2) is 0 Å². The van der Waals surface area contributed by atoms with E-state index in [2.05, 4.69) is 33.5 Å². The molecule has 1 fully saturated rings. The zero-order valence-corrected chi connectivity index (χ0v) is 20.2. The number of hydrogen-bond acceptors (Lipinski definition) is 5. The first-order valence-corrected chi connectivity index (χ1v) is 12.7. The standard InChI is InChI=1S/C26H31N3O4S/c1-2-32-20-11-9-19(10-12-20)26(31)27-13-14-29-17-24(22-7-3-4-8-23(22)29)34-18-25(30)28-16-21-6-5-15-33-21/h3-4,7-12,17,21H,2,5-6,13-16,18H2,1H3,(H,27,31)(H,28,30)/t21-/m0/s1. The predicted octanol–water partition coefficient (Wildman–Crippen LogP) is 3.86. The van der Waals surface area contributed by atoms with Crippen molar-refractivity contribution in [3.8, 4) is 5.75 Å². The Labute approximate surface area is 204 Å². The number of fused-ring (bicyclic) bond motifs is 1. The summed E-state index contributed by atoms with van der Waals surface area (Å²) >= 11 is 1.53. The minimum absolute atomic E-state index is 0.0138. The lowest BCUT2D eigenvalue weighted by molar-refractivity contribution is -0.119. The third-order valence-electron chi connectivity index (χ3n) is 5.73. The molecular weight excluding hydrogens is 450 g/mol. The van der Waals surface area contributed by atoms with Gasteiger partial charge in [0.1, 0.15) is 5.75 Å². The van der Waals surface area contributed by atoms with E-state index in [9.17, 15) is 9.59 Å². The Hall–Kier alpha value is -2.97. The Morgan fingerprint density at radius 2 is 1.97 bits per heavy atom. The van der Waals surface area contributed by atoms with E-state index in [0.29, 0.717) is 37.6 Å². The zero-order chi connectivity index (χ0) is 23.8. The van der Waals surface area contributed by atoms with Crippen LogP contribution in [0.2, 0.25) is 0 Å². The fraction of sp³-hybridized carbons (Fsp3) is 0.385. The maximum Gasteiger partial charge on any atom is 0.251 e. The van der Waals surface area contributed by atoms with Crippen molar-refractivity contribution in [2.75, 3.05) is 32.1 Å². The monoisotopic (exact) mass is 481 g/mol. The molecule has 4 rings (SSSR count). The third-order valence-corrected chi connectivity index (χ3v) is 6.77. The number of nitrogens with one attached hydrogen (secondary N) is 2. The second-order valence-electron chi connectivity index (χ2n) is 8.14. The molecule has 180 valence electrons. The number of rotatable bonds is 11. The Bertz CT molecular complexity index is 1110. The minimum atomic E-state index is -0.114. The van der Waals surface area contributed by atoms with Crippen molar-refractivity contribution in [3.05, 3.63) is 60.3 Å². The lowest BCUT2D eigenvalue weighted by Gasteiger charge is -2.10. The quantitative estimate of drug-likeness (QED) is 0.407. The van der Waals surface area contributed by atoms with Crippen LogP contribution in [0.4, 0.5) is 0 Å². The summed E-state index contributed by atoms with van der Waals surface area (Å²) in [6.07, 6.45) is 4.28. The van der Waals surface area contributed by atoms with Crippen LogP contribution in [0.3, 0.4) is 0 Å². The van der Waals surface area contributed by atoms with Crippen LogP contribution < -0.4 is 15.4 Å². The van der Waals surface area contributed by atoms with Gasteiger partial charge in [0.2, 0.25) is 5.91 Å². The summed E-state index contributed by atoms with van der Waals surface area (Å²) in [5.41, 5.74) is 1.69. The fourth-order valence-corrected chi connectivity index (χ4v) is 4.92. The van der Waals surface area contributed by atoms with Crippen LogP contribution in [0.15, 0.2) is 59.6 Å². The smallest absolute Gasteiger partial charge is 0.251 e. The molecule has 1 atom stereocenters. The number of hydrogen-bond donors (Lipinski definition) is 2. The Balaban J connectivity index is 1.31. The van der Waals surface area contributed by atoms with Gasteiger partial charge in [0, 0.05) is 53.8 Å². The molecule has 0 saturated carbocycles. The average Bonchev–Trinajstić information content (AvgIpc) is 3.50. The summed E-state index contributed by atoms with van der Waals surface area (Å²) in [6.45, 7) is 5.02. The number of benzene rings is 2. The highest BCUT2D eigenvalue weighted by Gasteiger charge is 2.17. The number of thioether (sulfide) groups is 1. The molecule has 7 nitrogen and oxygen atoms in total. The Morgan fingerprint density at radius 1 is 1.15 bits per heavy atom. The van der Waals surface area contributed by atoms with E-state index in [-0.39, 0.29) is 17.9 Å². The van der Waals surface area contributed by atoms with Gasteiger partial charge in [-0.1, -0.05) is 18.2 Å². The van der Waals surface area contributed by atoms with E-state index in [1.807, 2.05) is 19.1 Å². The van der Waals surface area contributed by atoms with Crippen molar-refractivity contribution >= 4 is 34.5 Å². The van der Waals surface area contributed by atoms with Crippen LogP contribution in [0.1, 0.15) is 30.1 Å². The van der Waals surface area contributed by atoms with Gasteiger partial charge in [0.05, 0.1) is 18.5 Å². The molecule has 1 aromatic heterocycles. The van der Waals surface area contributed by atoms with Gasteiger partial charge in [-0.05, 0) is 50.1 Å². The number of para-hydroxylation sites is 1. The molecule has 1 saturated heterocycles. The Kier molecular flexibility index (Phi) is 8.49. The highest BCUT2D eigenvalue weighted by molar-refractivity contribution is 8.00. The van der Waals surface area contributed by atoms with Gasteiger partial charge in [-0.25, -0.2) is 0 Å². The second kappa shape index (κ2) is 11.9. The maximum absolute atomic E-state index is 12.5. The second-order valence-corrected chi connectivity index (χ2v) is 9.16. The number of ether oxygens (including phenoxy) is 2. The van der Waals surface area contributed by atoms with Crippen LogP contribution in [-0.4, -0.2) is 54.5 Å². The molecule has 2 aromatic carbocycles. The van der Waals surface area contributed by atoms with Gasteiger partial charge in [-0.2, -0.15) is 0 Å². The molecule has 0 aliphatic carbocycles. The van der Waals surface area contributed by atoms with E-state index in [1.165, 1.54) is 11.8 Å². The van der Waals surface area contributed by atoms with Crippen LogP contribution in [-0.2, 0) is 16.1 Å². The van der Waals surface area contributed by atoms with Gasteiger partial charge in [-0.3, -0.25) is 9.59 Å². The highest BCUT2D eigenvalue weighted by Crippen LogP contribution is 2.30. The molecule has 2 amide bonds. The first kappa shape index (κ1) is 24.2. The van der Waals surface area contributed by atoms with Gasteiger partial charge < -0.3 is 24.7 Å². The molecule has 0 bridgehead atoms. The minimum Gasteiger partial charge on any atom is -0.494 e. The first-order valence-electron chi connectivity index (χ1n) is 11.7. The van der Waals surface area contributed by atoms with Gasteiger partial charge in [0.25, 0.3) is 5.91 Å². The molecule has 2 heterocycles. The molecule has 1 aliphatic heterocycles. The third kappa shape index (κ3) is 6.33. The molecule has 0 spiro atoms. The van der Waals surface area contributed by atoms with Crippen LogP contribution in [0.25, 0.3) is 10.9 Å². The zero-order valence-electron chi connectivity index (χ0n) is 19.4. The molecule has 34 heavy (non-hydrogen) atoms. The summed E-state index contributed by atoms with van der Waals surface area (Å²) in [5.74, 6) is 1.01. The molecule has 2 N–H and O–H groups in total. The topological polar surface area (TPSA) is 81.6 Å². The van der Waals surface area contributed by atoms with E-state index in [4.69, 9.17) is 9.47 Å². The molecule has 0 unspecified atom stereocenters. The van der Waals surface area contributed by atoms with E-state index in [1.54, 1.807) is 24.3 Å². The van der Waals surface area contributed by atoms with E-state index in [0.717, 1.165) is 41.0 Å². The lowest BCUT2D eigenvalue weighted by atomic mass is 10.2. The number of aromatic nitrogens is 1. The number of amides is 2. The largest absolute Gasteiger partial charge is 0.494 e. The normalized spacial score (nSPS) is 15.4. The molecule has 0 radical (unpaired) electrons. The van der Waals surface area contributed by atoms with Crippen LogP contribution in [0, 0.1) is 0 Å². The molecule has 8 heteroatoms. The molecule has 1 aliphatic rings. The summed E-state index contributed by atoms with van der Waals surface area (Å²) < 4.78 is 13.1. The number of carbonyl (C=O) groups is 2. The highest BCUT2D eigenvalue weighted by atomic mass is 32.2. The predicted molar refractivity (Wildman–Crippen MR) is 135 cm³/mol. The van der Waals surface area contributed by atoms with Crippen LogP contribution >= 0.6 is 11.8 Å². The van der Waals surface area contributed by atoms with Gasteiger partial charge >= 0.3 is 0 Å². The SMILES string of the molecule is CCOc1ccc(C(=O)NCCn2cc(SCC(=O)NC[C@@H]3CCCO3)c3ccccc32)cc1. The van der Waals surface area contributed by atoms with Crippen molar-refractivity contribution in [1.29, 1.82) is 0 Å². The molecule has 3 aromatic rings. The van der Waals surface area contributed by atoms with Crippen molar-refractivity contribution in [2.24, 2.45) is 0 Å². The maximum atomic E-state index is 12.5. The van der Waals surface area contributed by atoms with Crippen LogP contribution in [0.5, 0.6) is 5.75 Å². The summed E-state index contributed by atoms with van der Waals surface area (Å²) in [5, 5.41) is 7.07. The van der Waals surface area contributed by atoms with E-state index < -0.39 is 0 Å². The lowest BCUT2D eigenvalue weighted by Crippen LogP contribution is -2.32.